The maximum Gasteiger partial charge on any atom is 0.432 e. The van der Waals surface area contributed by atoms with Crippen molar-refractivity contribution in [3.05, 3.63) is 23.9 Å². The molecule has 2 aromatic rings. The van der Waals surface area contributed by atoms with Gasteiger partial charge in [0, 0.05) is 6.54 Å². The molecule has 0 radical (unpaired) electrons. The fraction of sp³-hybridized carbons (Fsp3) is 0.250. The molecule has 1 aliphatic rings. The van der Waals surface area contributed by atoms with E-state index in [-0.39, 0.29) is 21.3 Å². The van der Waals surface area contributed by atoms with E-state index in [0.717, 1.165) is 6.07 Å². The van der Waals surface area contributed by atoms with Gasteiger partial charge >= 0.3 is 12.2 Å². The van der Waals surface area contributed by atoms with Crippen molar-refractivity contribution >= 4 is 33.3 Å². The lowest BCUT2D eigenvalue weighted by molar-refractivity contribution is -0.141. The van der Waals surface area contributed by atoms with E-state index in [9.17, 15) is 31.2 Å². The van der Waals surface area contributed by atoms with Gasteiger partial charge in [-0.25, -0.2) is 17.9 Å². The van der Waals surface area contributed by atoms with Crippen LogP contribution in [0.25, 0.3) is 10.6 Å². The number of hydrogen-bond acceptors (Lipinski definition) is 6. The highest BCUT2D eigenvalue weighted by Crippen LogP contribution is 2.33. The van der Waals surface area contributed by atoms with Crippen molar-refractivity contribution in [2.75, 3.05) is 6.54 Å². The summed E-state index contributed by atoms with van der Waals surface area (Å²) in [6, 6.07) is 1.53. The number of thiophene rings is 1. The van der Waals surface area contributed by atoms with Crippen LogP contribution in [-0.4, -0.2) is 43.1 Å². The number of hydrogen-bond donors (Lipinski definition) is 4. The van der Waals surface area contributed by atoms with Crippen molar-refractivity contribution in [3.8, 4) is 10.6 Å². The van der Waals surface area contributed by atoms with Crippen LogP contribution in [0, 0.1) is 0 Å². The molecule has 3 heterocycles. The summed E-state index contributed by atoms with van der Waals surface area (Å²) in [7, 11) is -4.02. The standard InChI is InChI=1S/C12H10F3N5O4S2/c13-12(14,15)8-3-5(19-20-8)7-1-2-9(25-7)26(23,24)16-4-6-10(21)18-11(22)17-6/h1-3,6,16H,4H2,(H,19,20)(H2,17,18,21,22). The molecule has 1 atom stereocenters. The van der Waals surface area contributed by atoms with Gasteiger partial charge in [0.15, 0.2) is 0 Å². The van der Waals surface area contributed by atoms with Crippen LogP contribution in [0.2, 0.25) is 0 Å². The number of carbonyl (C=O) groups is 2. The highest BCUT2D eigenvalue weighted by atomic mass is 32.2. The normalized spacial score (nSPS) is 18.0. The molecule has 26 heavy (non-hydrogen) atoms. The predicted molar refractivity (Wildman–Crippen MR) is 82.6 cm³/mol. The number of nitrogens with zero attached hydrogens (tertiary/aromatic N) is 1. The zero-order chi connectivity index (χ0) is 19.1. The smallest absolute Gasteiger partial charge is 0.325 e. The number of halogens is 3. The largest absolute Gasteiger partial charge is 0.432 e. The minimum absolute atomic E-state index is 0.0498. The average molecular weight is 409 g/mol. The number of sulfonamides is 1. The molecule has 0 spiro atoms. The molecule has 1 unspecified atom stereocenters. The van der Waals surface area contributed by atoms with Crippen LogP contribution in [0.4, 0.5) is 18.0 Å². The molecule has 9 nitrogen and oxygen atoms in total. The number of imide groups is 1. The van der Waals surface area contributed by atoms with Gasteiger partial charge in [0.25, 0.3) is 5.91 Å². The van der Waals surface area contributed by atoms with Crippen LogP contribution in [0.1, 0.15) is 5.69 Å². The summed E-state index contributed by atoms with van der Waals surface area (Å²) < 4.78 is 64.2. The fourth-order valence-corrected chi connectivity index (χ4v) is 4.42. The number of aromatic nitrogens is 2. The summed E-state index contributed by atoms with van der Waals surface area (Å²) in [5, 5.41) is 9.56. The minimum Gasteiger partial charge on any atom is -0.325 e. The molecule has 3 amide bonds. The van der Waals surface area contributed by atoms with Crippen molar-refractivity contribution in [1.82, 2.24) is 25.6 Å². The van der Waals surface area contributed by atoms with E-state index in [1.165, 1.54) is 12.1 Å². The Balaban J connectivity index is 1.73. The number of amides is 3. The third-order valence-electron chi connectivity index (χ3n) is 3.32. The summed E-state index contributed by atoms with van der Waals surface area (Å²) in [6.45, 7) is -0.367. The summed E-state index contributed by atoms with van der Waals surface area (Å²) >= 11 is 0.713. The molecule has 0 aliphatic carbocycles. The second kappa shape index (κ2) is 6.37. The molecule has 0 aromatic carbocycles. The molecule has 4 N–H and O–H groups in total. The lowest BCUT2D eigenvalue weighted by Gasteiger charge is -2.08. The topological polar surface area (TPSA) is 133 Å². The van der Waals surface area contributed by atoms with Crippen molar-refractivity contribution in [2.24, 2.45) is 0 Å². The van der Waals surface area contributed by atoms with Crippen LogP contribution >= 0.6 is 11.3 Å². The van der Waals surface area contributed by atoms with Crippen LogP contribution in [0.5, 0.6) is 0 Å². The van der Waals surface area contributed by atoms with E-state index in [1.807, 2.05) is 10.4 Å². The number of urea groups is 1. The molecule has 0 saturated carbocycles. The zero-order valence-electron chi connectivity index (χ0n) is 12.5. The van der Waals surface area contributed by atoms with E-state index in [4.69, 9.17) is 0 Å². The molecule has 0 bridgehead atoms. The first-order valence-corrected chi connectivity index (χ1v) is 9.20. The summed E-state index contributed by atoms with van der Waals surface area (Å²) in [6.07, 6.45) is -4.59. The monoisotopic (exact) mass is 409 g/mol. The molecule has 2 aromatic heterocycles. The molecule has 3 rings (SSSR count). The van der Waals surface area contributed by atoms with Crippen molar-refractivity contribution in [2.45, 2.75) is 16.4 Å². The first kappa shape index (κ1) is 18.3. The van der Waals surface area contributed by atoms with Gasteiger partial charge in [-0.3, -0.25) is 15.2 Å². The third-order valence-corrected chi connectivity index (χ3v) is 6.34. The van der Waals surface area contributed by atoms with Crippen molar-refractivity contribution in [3.63, 3.8) is 0 Å². The highest BCUT2D eigenvalue weighted by molar-refractivity contribution is 7.91. The summed E-state index contributed by atoms with van der Waals surface area (Å²) in [5.74, 6) is -0.666. The second-order valence-corrected chi connectivity index (χ2v) is 8.23. The van der Waals surface area contributed by atoms with Gasteiger partial charge in [-0.15, -0.1) is 11.3 Å². The maximum absolute atomic E-state index is 12.6. The molecule has 1 saturated heterocycles. The molecule has 140 valence electrons. The van der Waals surface area contributed by atoms with Gasteiger partial charge in [-0.05, 0) is 18.2 Å². The van der Waals surface area contributed by atoms with E-state index >= 15 is 0 Å². The Labute approximate surface area is 148 Å². The number of carbonyl (C=O) groups excluding carboxylic acids is 2. The minimum atomic E-state index is -4.59. The number of aromatic amines is 1. The number of H-pyrrole nitrogens is 1. The Hall–Kier alpha value is -2.45. The number of nitrogens with one attached hydrogen (secondary N) is 4. The van der Waals surface area contributed by atoms with E-state index in [1.54, 1.807) is 0 Å². The van der Waals surface area contributed by atoms with Gasteiger partial charge in [0.1, 0.15) is 21.6 Å². The second-order valence-electron chi connectivity index (χ2n) is 5.15. The van der Waals surface area contributed by atoms with E-state index in [2.05, 4.69) is 15.1 Å². The zero-order valence-corrected chi connectivity index (χ0v) is 14.2. The Morgan fingerprint density at radius 3 is 2.58 bits per heavy atom. The van der Waals surface area contributed by atoms with Crippen LogP contribution in [-0.2, 0) is 21.0 Å². The van der Waals surface area contributed by atoms with Crippen molar-refractivity contribution < 1.29 is 31.2 Å². The first-order chi connectivity index (χ1) is 12.1. The lowest BCUT2D eigenvalue weighted by Crippen LogP contribution is -2.41. The third kappa shape index (κ3) is 3.71. The van der Waals surface area contributed by atoms with E-state index in [0.29, 0.717) is 11.3 Å². The summed E-state index contributed by atoms with van der Waals surface area (Å²) in [5.41, 5.74) is -1.10. The van der Waals surface area contributed by atoms with Gasteiger partial charge in [0.05, 0.1) is 4.88 Å². The van der Waals surface area contributed by atoms with E-state index < -0.39 is 39.9 Å². The predicted octanol–water partition coefficient (Wildman–Crippen LogP) is 0.643. The SMILES string of the molecule is O=C1NC(=O)C(CNS(=O)(=O)c2ccc(-c3cc(C(F)(F)F)[nH]n3)s2)N1. The Kier molecular flexibility index (Phi) is 4.49. The molecular formula is C12H10F3N5O4S2. The number of alkyl halides is 3. The summed E-state index contributed by atoms with van der Waals surface area (Å²) in [4.78, 5) is 22.6. The first-order valence-electron chi connectivity index (χ1n) is 6.90. The van der Waals surface area contributed by atoms with Gasteiger partial charge in [0.2, 0.25) is 10.0 Å². The fourth-order valence-electron chi connectivity index (χ4n) is 2.06. The molecule has 1 aliphatic heterocycles. The van der Waals surface area contributed by atoms with Crippen molar-refractivity contribution in [1.29, 1.82) is 0 Å². The quantitative estimate of drug-likeness (QED) is 0.538. The maximum atomic E-state index is 12.6. The van der Waals surface area contributed by atoms with Crippen LogP contribution < -0.4 is 15.4 Å². The molecule has 1 fully saturated rings. The average Bonchev–Trinajstić information content (AvgIpc) is 3.23. The Morgan fingerprint density at radius 1 is 1.27 bits per heavy atom. The van der Waals surface area contributed by atoms with Crippen LogP contribution in [0.3, 0.4) is 0 Å². The Bertz CT molecular complexity index is 966. The lowest BCUT2D eigenvalue weighted by atomic mass is 10.3. The van der Waals surface area contributed by atoms with Gasteiger partial charge in [-0.2, -0.15) is 18.3 Å². The molecule has 14 heteroatoms. The van der Waals surface area contributed by atoms with Gasteiger partial charge < -0.3 is 5.32 Å². The highest BCUT2D eigenvalue weighted by Gasteiger charge is 2.34. The molecular weight excluding hydrogens is 399 g/mol. The Morgan fingerprint density at radius 2 is 2.00 bits per heavy atom. The van der Waals surface area contributed by atoms with Gasteiger partial charge in [-0.1, -0.05) is 0 Å². The van der Waals surface area contributed by atoms with Crippen LogP contribution in [0.15, 0.2) is 22.4 Å². The number of rotatable bonds is 5.